The van der Waals surface area contributed by atoms with E-state index in [-0.39, 0.29) is 10.6 Å². The van der Waals surface area contributed by atoms with Crippen molar-refractivity contribution in [2.24, 2.45) is 4.99 Å². The van der Waals surface area contributed by atoms with E-state index in [1.807, 2.05) is 23.2 Å². The molecule has 0 bridgehead atoms. The Balaban J connectivity index is 1.98. The number of hydrogen-bond donors (Lipinski definition) is 1. The monoisotopic (exact) mass is 294 g/mol. The molecule has 0 aromatic heterocycles. The van der Waals surface area contributed by atoms with E-state index in [9.17, 15) is 10.1 Å². The third kappa shape index (κ3) is 2.67. The predicted molar refractivity (Wildman–Crippen MR) is 87.8 cm³/mol. The molecule has 0 saturated heterocycles. The van der Waals surface area contributed by atoms with Gasteiger partial charge in [0.15, 0.2) is 0 Å². The van der Waals surface area contributed by atoms with E-state index in [4.69, 9.17) is 5.73 Å². The molecule has 3 rings (SSSR count). The first-order chi connectivity index (χ1) is 10.6. The second kappa shape index (κ2) is 5.69. The number of aliphatic imine (C=N–C) groups is 1. The Morgan fingerprint density at radius 2 is 1.86 bits per heavy atom. The van der Waals surface area contributed by atoms with Crippen molar-refractivity contribution in [2.75, 3.05) is 17.2 Å². The number of benzene rings is 2. The summed E-state index contributed by atoms with van der Waals surface area (Å²) in [6.07, 6.45) is 3.55. The Morgan fingerprint density at radius 1 is 1.14 bits per heavy atom. The van der Waals surface area contributed by atoms with Gasteiger partial charge in [-0.2, -0.15) is 0 Å². The SMILES string of the molecule is Nc1ccc(C2=CN(c3ccccc3[N+](=O)[O-])CC=N2)cc1. The van der Waals surface area contributed by atoms with Gasteiger partial charge in [0.1, 0.15) is 5.69 Å². The van der Waals surface area contributed by atoms with E-state index in [1.54, 1.807) is 36.5 Å². The zero-order chi connectivity index (χ0) is 15.5. The fourth-order valence-electron chi connectivity index (χ4n) is 2.29. The Hall–Kier alpha value is -3.15. The van der Waals surface area contributed by atoms with Gasteiger partial charge in [0.2, 0.25) is 0 Å². The summed E-state index contributed by atoms with van der Waals surface area (Å²) < 4.78 is 0. The fourth-order valence-corrected chi connectivity index (χ4v) is 2.29. The maximum absolute atomic E-state index is 11.2. The highest BCUT2D eigenvalue weighted by Gasteiger charge is 2.19. The van der Waals surface area contributed by atoms with Crippen molar-refractivity contribution in [3.05, 3.63) is 70.4 Å². The lowest BCUT2D eigenvalue weighted by atomic mass is 10.1. The Labute approximate surface area is 127 Å². The summed E-state index contributed by atoms with van der Waals surface area (Å²) in [5.74, 6) is 0. The summed E-state index contributed by atoms with van der Waals surface area (Å²) in [6, 6.07) is 14.0. The van der Waals surface area contributed by atoms with Gasteiger partial charge in [-0.15, -0.1) is 0 Å². The molecule has 0 radical (unpaired) electrons. The van der Waals surface area contributed by atoms with Crippen LogP contribution in [-0.2, 0) is 0 Å². The Kier molecular flexibility index (Phi) is 3.57. The van der Waals surface area contributed by atoms with Gasteiger partial charge in [0.25, 0.3) is 5.69 Å². The lowest BCUT2D eigenvalue weighted by Gasteiger charge is -2.22. The Bertz CT molecular complexity index is 766. The number of rotatable bonds is 3. The molecule has 110 valence electrons. The maximum atomic E-state index is 11.2. The van der Waals surface area contributed by atoms with E-state index in [2.05, 4.69) is 4.99 Å². The van der Waals surface area contributed by atoms with Gasteiger partial charge in [0.05, 0.1) is 17.2 Å². The molecule has 1 aliphatic heterocycles. The third-order valence-electron chi connectivity index (χ3n) is 3.38. The summed E-state index contributed by atoms with van der Waals surface area (Å²) in [5, 5.41) is 11.2. The first-order valence-corrected chi connectivity index (χ1v) is 6.75. The number of anilines is 2. The molecular formula is C16H14N4O2. The highest BCUT2D eigenvalue weighted by molar-refractivity contribution is 5.84. The fraction of sp³-hybridized carbons (Fsp3) is 0.0625. The average molecular weight is 294 g/mol. The molecule has 22 heavy (non-hydrogen) atoms. The number of nitrogen functional groups attached to an aromatic ring is 1. The minimum atomic E-state index is -0.377. The van der Waals surface area contributed by atoms with Crippen LogP contribution in [0.5, 0.6) is 0 Å². The van der Waals surface area contributed by atoms with Crippen molar-refractivity contribution in [2.45, 2.75) is 0 Å². The molecule has 0 fully saturated rings. The molecule has 0 spiro atoms. The minimum absolute atomic E-state index is 0.0747. The van der Waals surface area contributed by atoms with E-state index in [1.165, 1.54) is 6.07 Å². The molecule has 0 unspecified atom stereocenters. The largest absolute Gasteiger partial charge is 0.399 e. The molecule has 6 nitrogen and oxygen atoms in total. The van der Waals surface area contributed by atoms with Crippen LogP contribution < -0.4 is 10.6 Å². The summed E-state index contributed by atoms with van der Waals surface area (Å²) in [6.45, 7) is 0.489. The molecule has 0 atom stereocenters. The van der Waals surface area contributed by atoms with Gasteiger partial charge in [-0.1, -0.05) is 24.3 Å². The van der Waals surface area contributed by atoms with Crippen LogP contribution in [0, 0.1) is 10.1 Å². The van der Waals surface area contributed by atoms with E-state index in [0.717, 1.165) is 11.3 Å². The maximum Gasteiger partial charge on any atom is 0.292 e. The van der Waals surface area contributed by atoms with Gasteiger partial charge in [-0.25, -0.2) is 0 Å². The number of nitro benzene ring substituents is 1. The summed E-state index contributed by atoms with van der Waals surface area (Å²) >= 11 is 0. The van der Waals surface area contributed by atoms with Crippen LogP contribution in [0.3, 0.4) is 0 Å². The van der Waals surface area contributed by atoms with Crippen molar-refractivity contribution in [3.8, 4) is 0 Å². The van der Waals surface area contributed by atoms with Crippen LogP contribution in [0.4, 0.5) is 17.1 Å². The predicted octanol–water partition coefficient (Wildman–Crippen LogP) is 3.07. The van der Waals surface area contributed by atoms with Crippen LogP contribution in [-0.4, -0.2) is 17.7 Å². The summed E-state index contributed by atoms with van der Waals surface area (Å²) in [4.78, 5) is 17.0. The molecule has 2 aromatic rings. The zero-order valence-corrected chi connectivity index (χ0v) is 11.7. The van der Waals surface area contributed by atoms with Crippen LogP contribution in [0.15, 0.2) is 59.7 Å². The van der Waals surface area contributed by atoms with Gasteiger partial charge < -0.3 is 10.6 Å². The smallest absolute Gasteiger partial charge is 0.292 e. The molecule has 0 amide bonds. The first kappa shape index (κ1) is 13.8. The number of hydrogen-bond acceptors (Lipinski definition) is 5. The van der Waals surface area contributed by atoms with E-state index in [0.29, 0.717) is 17.9 Å². The number of nitrogens with zero attached hydrogens (tertiary/aromatic N) is 3. The molecule has 0 saturated carbocycles. The Morgan fingerprint density at radius 3 is 2.59 bits per heavy atom. The van der Waals surface area contributed by atoms with Crippen molar-refractivity contribution in [1.29, 1.82) is 0 Å². The highest BCUT2D eigenvalue weighted by Crippen LogP contribution is 2.30. The molecule has 2 N–H and O–H groups in total. The van der Waals surface area contributed by atoms with Crippen molar-refractivity contribution < 1.29 is 4.92 Å². The van der Waals surface area contributed by atoms with Gasteiger partial charge in [-0.05, 0) is 18.2 Å². The molecule has 0 aliphatic carbocycles. The summed E-state index contributed by atoms with van der Waals surface area (Å²) in [5.41, 5.74) is 8.64. The minimum Gasteiger partial charge on any atom is -0.399 e. The van der Waals surface area contributed by atoms with Crippen molar-refractivity contribution >= 4 is 29.0 Å². The quantitative estimate of drug-likeness (QED) is 0.535. The number of para-hydroxylation sites is 2. The second-order valence-electron chi connectivity index (χ2n) is 4.85. The normalized spacial score (nSPS) is 13.8. The number of nitrogens with two attached hydrogens (primary N) is 1. The average Bonchev–Trinajstić information content (AvgIpc) is 2.55. The van der Waals surface area contributed by atoms with Crippen LogP contribution in [0.1, 0.15) is 5.56 Å². The number of nitro groups is 1. The van der Waals surface area contributed by atoms with Gasteiger partial charge in [-0.3, -0.25) is 15.1 Å². The molecule has 1 aliphatic rings. The van der Waals surface area contributed by atoms with E-state index < -0.39 is 0 Å². The molecule has 6 heteroatoms. The van der Waals surface area contributed by atoms with Crippen LogP contribution in [0.25, 0.3) is 5.70 Å². The zero-order valence-electron chi connectivity index (χ0n) is 11.7. The first-order valence-electron chi connectivity index (χ1n) is 6.75. The highest BCUT2D eigenvalue weighted by atomic mass is 16.6. The van der Waals surface area contributed by atoms with Gasteiger partial charge >= 0.3 is 0 Å². The third-order valence-corrected chi connectivity index (χ3v) is 3.38. The topological polar surface area (TPSA) is 84.8 Å². The molecule has 2 aromatic carbocycles. The molecule has 1 heterocycles. The van der Waals surface area contributed by atoms with Crippen molar-refractivity contribution in [1.82, 2.24) is 0 Å². The molecular weight excluding hydrogens is 280 g/mol. The van der Waals surface area contributed by atoms with E-state index >= 15 is 0 Å². The van der Waals surface area contributed by atoms with Crippen LogP contribution >= 0.6 is 0 Å². The van der Waals surface area contributed by atoms with Gasteiger partial charge in [0, 0.05) is 29.7 Å². The van der Waals surface area contributed by atoms with Crippen LogP contribution in [0.2, 0.25) is 0 Å². The lowest BCUT2D eigenvalue weighted by Crippen LogP contribution is -2.22. The summed E-state index contributed by atoms with van der Waals surface area (Å²) in [7, 11) is 0. The second-order valence-corrected chi connectivity index (χ2v) is 4.85. The lowest BCUT2D eigenvalue weighted by molar-refractivity contribution is -0.384. The standard InChI is InChI=1S/C16H14N4O2/c17-13-7-5-12(6-8-13)14-11-19(10-9-18-14)15-3-1-2-4-16(15)20(21)22/h1-9,11H,10,17H2. The van der Waals surface area contributed by atoms with Crippen molar-refractivity contribution in [3.63, 3.8) is 0 Å².